The number of aromatic amines is 1. The summed E-state index contributed by atoms with van der Waals surface area (Å²) in [5.74, 6) is -0.863. The van der Waals surface area contributed by atoms with Crippen molar-refractivity contribution in [2.24, 2.45) is 0 Å². The van der Waals surface area contributed by atoms with Crippen molar-refractivity contribution in [2.45, 2.75) is 33.1 Å². The third-order valence-electron chi connectivity index (χ3n) is 4.71. The van der Waals surface area contributed by atoms with Crippen LogP contribution in [0.25, 0.3) is 0 Å². The molecule has 0 fully saturated rings. The lowest BCUT2D eigenvalue weighted by molar-refractivity contribution is 0.0963. The lowest BCUT2D eigenvalue weighted by atomic mass is 10.0. The van der Waals surface area contributed by atoms with Gasteiger partial charge >= 0.3 is 0 Å². The number of aryl methyl sites for hydroxylation is 1. The Morgan fingerprint density at radius 1 is 1.06 bits per heavy atom. The van der Waals surface area contributed by atoms with E-state index in [4.69, 9.17) is 11.6 Å². The summed E-state index contributed by atoms with van der Waals surface area (Å²) in [7, 11) is 0. The fraction of sp³-hybridized carbons (Fsp3) is 0.217. The van der Waals surface area contributed by atoms with E-state index in [-0.39, 0.29) is 46.4 Å². The molecule has 3 aromatic rings. The van der Waals surface area contributed by atoms with E-state index >= 15 is 0 Å². The highest BCUT2D eigenvalue weighted by molar-refractivity contribution is 6.34. The van der Waals surface area contributed by atoms with Crippen LogP contribution in [0.5, 0.6) is 0 Å². The van der Waals surface area contributed by atoms with Crippen LogP contribution in [0.3, 0.4) is 0 Å². The summed E-state index contributed by atoms with van der Waals surface area (Å²) in [6.07, 6.45) is 0.891. The van der Waals surface area contributed by atoms with Gasteiger partial charge in [0.15, 0.2) is 11.6 Å². The summed E-state index contributed by atoms with van der Waals surface area (Å²) in [4.78, 5) is 44.3. The summed E-state index contributed by atoms with van der Waals surface area (Å²) in [5, 5.41) is 2.80. The molecule has 0 saturated heterocycles. The largest absolute Gasteiger partial charge is 0.337 e. The van der Waals surface area contributed by atoms with Crippen molar-refractivity contribution in [3.63, 3.8) is 0 Å². The van der Waals surface area contributed by atoms with Crippen LogP contribution in [0.4, 0.5) is 10.1 Å². The van der Waals surface area contributed by atoms with Crippen LogP contribution in [0.2, 0.25) is 5.02 Å². The maximum atomic E-state index is 13.2. The average molecular weight is 442 g/mol. The Bertz CT molecular complexity index is 1140. The maximum Gasteiger partial charge on any atom is 0.274 e. The Kier molecular flexibility index (Phi) is 6.97. The number of carbonyl (C=O) groups excluding carboxylic acids is 3. The van der Waals surface area contributed by atoms with Crippen LogP contribution in [-0.4, -0.2) is 27.4 Å². The molecule has 0 aliphatic rings. The lowest BCUT2D eigenvalue weighted by Gasteiger charge is -2.07. The van der Waals surface area contributed by atoms with Gasteiger partial charge in [-0.25, -0.2) is 9.37 Å². The molecule has 0 atom stereocenters. The van der Waals surface area contributed by atoms with Gasteiger partial charge < -0.3 is 10.3 Å². The molecule has 0 unspecified atom stereocenters. The highest BCUT2D eigenvalue weighted by Crippen LogP contribution is 2.20. The molecule has 0 aliphatic carbocycles. The molecular weight excluding hydrogens is 421 g/mol. The van der Waals surface area contributed by atoms with Gasteiger partial charge in [-0.15, -0.1) is 0 Å². The average Bonchev–Trinajstić information content (AvgIpc) is 3.19. The molecule has 0 spiro atoms. The Balaban J connectivity index is 1.71. The highest BCUT2D eigenvalue weighted by Gasteiger charge is 2.21. The standard InChI is InChI=1S/C23H21ClFN3O3/c1-3-18(29)21-22(28-20(4-2)27-21)23(31)26-15-8-5-13(6-9-15)11-19(30)16-10-7-14(25)12-17(16)24/h5-10,12H,3-4,11H2,1-2H3,(H,26,31)(H,27,28). The van der Waals surface area contributed by atoms with Crippen LogP contribution in [0, 0.1) is 5.82 Å². The second-order valence-electron chi connectivity index (χ2n) is 6.91. The second kappa shape index (κ2) is 9.66. The number of amides is 1. The molecular formula is C23H21ClFN3O3. The van der Waals surface area contributed by atoms with Gasteiger partial charge in [0.25, 0.3) is 5.91 Å². The molecule has 3 rings (SSSR count). The number of Topliss-reactive ketones (excluding diaryl/α,β-unsaturated/α-hetero) is 2. The number of nitrogens with one attached hydrogen (secondary N) is 2. The van der Waals surface area contributed by atoms with Crippen molar-refractivity contribution in [1.29, 1.82) is 0 Å². The SMILES string of the molecule is CCC(=O)c1nc(CC)[nH]c1C(=O)Nc1ccc(CC(=O)c2ccc(F)cc2Cl)cc1. The number of anilines is 1. The number of hydrogen-bond donors (Lipinski definition) is 2. The number of aromatic nitrogens is 2. The maximum absolute atomic E-state index is 13.2. The van der Waals surface area contributed by atoms with E-state index in [0.29, 0.717) is 23.5 Å². The number of rotatable bonds is 8. The number of imidazole rings is 1. The number of H-pyrrole nitrogens is 1. The first-order valence-corrected chi connectivity index (χ1v) is 10.2. The number of benzene rings is 2. The second-order valence-corrected chi connectivity index (χ2v) is 7.32. The fourth-order valence-electron chi connectivity index (χ4n) is 3.02. The van der Waals surface area contributed by atoms with Crippen LogP contribution >= 0.6 is 11.6 Å². The van der Waals surface area contributed by atoms with Gasteiger partial charge in [0.05, 0.1) is 5.02 Å². The Morgan fingerprint density at radius 2 is 1.77 bits per heavy atom. The number of ketones is 2. The van der Waals surface area contributed by atoms with Crippen LogP contribution < -0.4 is 5.32 Å². The van der Waals surface area contributed by atoms with Crippen molar-refractivity contribution in [1.82, 2.24) is 9.97 Å². The van der Waals surface area contributed by atoms with Crippen molar-refractivity contribution >= 4 is 34.8 Å². The van der Waals surface area contributed by atoms with Gasteiger partial charge in [-0.2, -0.15) is 0 Å². The Hall–Kier alpha value is -3.32. The first kappa shape index (κ1) is 22.4. The smallest absolute Gasteiger partial charge is 0.274 e. The van der Waals surface area contributed by atoms with Crippen molar-refractivity contribution < 1.29 is 18.8 Å². The van der Waals surface area contributed by atoms with Gasteiger partial charge in [0, 0.05) is 30.5 Å². The molecule has 31 heavy (non-hydrogen) atoms. The third-order valence-corrected chi connectivity index (χ3v) is 5.02. The van der Waals surface area contributed by atoms with E-state index in [9.17, 15) is 18.8 Å². The molecule has 0 saturated carbocycles. The topological polar surface area (TPSA) is 91.9 Å². The molecule has 1 amide bonds. The van der Waals surface area contributed by atoms with Gasteiger partial charge in [-0.3, -0.25) is 14.4 Å². The Labute approximate surface area is 183 Å². The number of carbonyl (C=O) groups is 3. The van der Waals surface area contributed by atoms with E-state index in [1.165, 1.54) is 12.1 Å². The first-order chi connectivity index (χ1) is 14.8. The first-order valence-electron chi connectivity index (χ1n) is 9.83. The molecule has 1 heterocycles. The summed E-state index contributed by atoms with van der Waals surface area (Å²) in [6.45, 7) is 3.59. The summed E-state index contributed by atoms with van der Waals surface area (Å²) < 4.78 is 13.2. The molecule has 2 N–H and O–H groups in total. The third kappa shape index (κ3) is 5.24. The summed E-state index contributed by atoms with van der Waals surface area (Å²) in [6, 6.07) is 10.4. The molecule has 160 valence electrons. The van der Waals surface area contributed by atoms with Crippen LogP contribution in [-0.2, 0) is 12.8 Å². The number of hydrogen-bond acceptors (Lipinski definition) is 4. The molecule has 1 aromatic heterocycles. The van der Waals surface area contributed by atoms with E-state index in [1.54, 1.807) is 31.2 Å². The number of halogens is 2. The lowest BCUT2D eigenvalue weighted by Crippen LogP contribution is -2.16. The van der Waals surface area contributed by atoms with E-state index in [2.05, 4.69) is 15.3 Å². The fourth-order valence-corrected chi connectivity index (χ4v) is 3.29. The van der Waals surface area contributed by atoms with E-state index < -0.39 is 11.7 Å². The predicted octanol–water partition coefficient (Wildman–Crippen LogP) is 5.04. The van der Waals surface area contributed by atoms with Crippen molar-refractivity contribution in [3.8, 4) is 0 Å². The van der Waals surface area contributed by atoms with Gasteiger partial charge in [-0.1, -0.05) is 37.6 Å². The predicted molar refractivity (Wildman–Crippen MR) is 116 cm³/mol. The minimum absolute atomic E-state index is 0.0670. The quantitative estimate of drug-likeness (QED) is 0.479. The summed E-state index contributed by atoms with van der Waals surface area (Å²) in [5.41, 5.74) is 1.73. The van der Waals surface area contributed by atoms with E-state index in [1.807, 2.05) is 6.92 Å². The van der Waals surface area contributed by atoms with Crippen LogP contribution in [0.15, 0.2) is 42.5 Å². The summed E-state index contributed by atoms with van der Waals surface area (Å²) >= 11 is 5.95. The normalized spacial score (nSPS) is 10.7. The number of nitrogens with zero attached hydrogens (tertiary/aromatic N) is 1. The molecule has 0 radical (unpaired) electrons. The molecule has 0 bridgehead atoms. The van der Waals surface area contributed by atoms with Gasteiger partial charge in [0.1, 0.15) is 23.0 Å². The molecule has 8 heteroatoms. The van der Waals surface area contributed by atoms with Crippen molar-refractivity contribution in [3.05, 3.63) is 81.6 Å². The zero-order valence-corrected chi connectivity index (χ0v) is 17.8. The minimum atomic E-state index is -0.506. The highest BCUT2D eigenvalue weighted by atomic mass is 35.5. The van der Waals surface area contributed by atoms with Crippen molar-refractivity contribution in [2.75, 3.05) is 5.32 Å². The molecule has 6 nitrogen and oxygen atoms in total. The zero-order chi connectivity index (χ0) is 22.5. The van der Waals surface area contributed by atoms with Gasteiger partial charge in [-0.05, 0) is 35.9 Å². The van der Waals surface area contributed by atoms with E-state index in [0.717, 1.165) is 6.07 Å². The zero-order valence-electron chi connectivity index (χ0n) is 17.1. The minimum Gasteiger partial charge on any atom is -0.337 e. The molecule has 0 aliphatic heterocycles. The monoisotopic (exact) mass is 441 g/mol. The molecule has 2 aromatic carbocycles. The Morgan fingerprint density at radius 3 is 2.39 bits per heavy atom. The van der Waals surface area contributed by atoms with Crippen LogP contribution in [0.1, 0.15) is 63.0 Å². The van der Waals surface area contributed by atoms with Gasteiger partial charge in [0.2, 0.25) is 0 Å².